The lowest BCUT2D eigenvalue weighted by atomic mass is 10.1. The molecule has 0 fully saturated rings. The van der Waals surface area contributed by atoms with Crippen molar-refractivity contribution in [3.05, 3.63) is 62.2 Å². The number of hydrogen-bond donors (Lipinski definition) is 1. The Bertz CT molecular complexity index is 1060. The fourth-order valence-corrected chi connectivity index (χ4v) is 4.09. The largest absolute Gasteiger partial charge is 0.423 e. The normalized spacial score (nSPS) is 11.2. The van der Waals surface area contributed by atoms with Crippen LogP contribution in [0.2, 0.25) is 0 Å². The number of thioether (sulfide) groups is 1. The second-order valence-corrected chi connectivity index (χ2v) is 7.77. The van der Waals surface area contributed by atoms with Crippen LogP contribution in [-0.2, 0) is 5.75 Å². The molecule has 0 unspecified atom stereocenters. The fraction of sp³-hybridized carbons (Fsp3) is 0.0625. The molecule has 0 bridgehead atoms. The highest BCUT2D eigenvalue weighted by Crippen LogP contribution is 2.28. The second-order valence-electron chi connectivity index (χ2n) is 4.96. The molecule has 0 aliphatic rings. The molecule has 120 valence electrons. The highest BCUT2D eigenvalue weighted by Gasteiger charge is 2.10. The van der Waals surface area contributed by atoms with Crippen LogP contribution in [-0.4, -0.2) is 15.2 Å². The van der Waals surface area contributed by atoms with E-state index in [0.29, 0.717) is 16.5 Å². The predicted octanol–water partition coefficient (Wildman–Crippen LogP) is 4.69. The Kier molecular flexibility index (Phi) is 4.26. The van der Waals surface area contributed by atoms with Gasteiger partial charge in [-0.3, -0.25) is 5.10 Å². The lowest BCUT2D eigenvalue weighted by Crippen LogP contribution is -1.99. The van der Waals surface area contributed by atoms with Gasteiger partial charge in [0.1, 0.15) is 5.58 Å². The number of rotatable bonds is 4. The van der Waals surface area contributed by atoms with Crippen molar-refractivity contribution in [1.82, 2.24) is 15.2 Å². The van der Waals surface area contributed by atoms with Gasteiger partial charge in [0.25, 0.3) is 0 Å². The van der Waals surface area contributed by atoms with Crippen LogP contribution in [0.1, 0.15) is 5.56 Å². The van der Waals surface area contributed by atoms with Gasteiger partial charge in [0, 0.05) is 21.7 Å². The summed E-state index contributed by atoms with van der Waals surface area (Å²) in [6.07, 6.45) is 0. The standard InChI is InChI=1S/C16H10BrN3O2S2/c17-10-3-4-11-9(6-14(21)22-12(11)7-10)8-24-16-18-15(19-20-16)13-2-1-5-23-13/h1-7H,8H2,(H,18,19,20). The summed E-state index contributed by atoms with van der Waals surface area (Å²) >= 11 is 6.47. The monoisotopic (exact) mass is 419 g/mol. The summed E-state index contributed by atoms with van der Waals surface area (Å²) in [6, 6.07) is 11.2. The Morgan fingerprint density at radius 1 is 1.29 bits per heavy atom. The summed E-state index contributed by atoms with van der Waals surface area (Å²) in [4.78, 5) is 17.3. The molecule has 0 atom stereocenters. The zero-order valence-electron chi connectivity index (χ0n) is 12.2. The maximum atomic E-state index is 11.8. The molecule has 3 heterocycles. The molecular formula is C16H10BrN3O2S2. The van der Waals surface area contributed by atoms with Gasteiger partial charge in [0.15, 0.2) is 5.82 Å². The number of aromatic amines is 1. The molecule has 8 heteroatoms. The average Bonchev–Trinajstić information content (AvgIpc) is 3.23. The molecule has 0 radical (unpaired) electrons. The van der Waals surface area contributed by atoms with E-state index in [1.165, 1.54) is 17.8 Å². The van der Waals surface area contributed by atoms with Gasteiger partial charge < -0.3 is 4.42 Å². The topological polar surface area (TPSA) is 71.8 Å². The SMILES string of the molecule is O=c1cc(CSc2n[nH]c(-c3cccs3)n2)c2ccc(Br)cc2o1. The molecule has 4 rings (SSSR count). The van der Waals surface area contributed by atoms with Gasteiger partial charge in [0.2, 0.25) is 5.16 Å². The minimum absolute atomic E-state index is 0.356. The van der Waals surface area contributed by atoms with Gasteiger partial charge in [-0.2, -0.15) is 0 Å². The number of H-pyrrole nitrogens is 1. The minimum atomic E-state index is -0.356. The molecule has 0 saturated carbocycles. The Hall–Kier alpha value is -1.90. The second kappa shape index (κ2) is 6.54. The first-order valence-electron chi connectivity index (χ1n) is 7.00. The van der Waals surface area contributed by atoms with Crippen LogP contribution in [0.15, 0.2) is 60.6 Å². The number of nitrogens with zero attached hydrogens (tertiary/aromatic N) is 2. The van der Waals surface area contributed by atoms with Crippen molar-refractivity contribution < 1.29 is 4.42 Å². The van der Waals surface area contributed by atoms with E-state index in [2.05, 4.69) is 31.1 Å². The summed E-state index contributed by atoms with van der Waals surface area (Å²) in [5.41, 5.74) is 1.12. The summed E-state index contributed by atoms with van der Waals surface area (Å²) in [6.45, 7) is 0. The van der Waals surface area contributed by atoms with Crippen LogP contribution < -0.4 is 5.63 Å². The maximum Gasteiger partial charge on any atom is 0.336 e. The van der Waals surface area contributed by atoms with E-state index in [4.69, 9.17) is 4.42 Å². The third-order valence-electron chi connectivity index (χ3n) is 3.37. The quantitative estimate of drug-likeness (QED) is 0.383. The van der Waals surface area contributed by atoms with Gasteiger partial charge in [-0.05, 0) is 35.2 Å². The first kappa shape index (κ1) is 15.6. The first-order chi connectivity index (χ1) is 11.7. The number of fused-ring (bicyclic) bond motifs is 1. The van der Waals surface area contributed by atoms with E-state index in [0.717, 1.165) is 26.1 Å². The van der Waals surface area contributed by atoms with Crippen molar-refractivity contribution in [2.75, 3.05) is 0 Å². The highest BCUT2D eigenvalue weighted by molar-refractivity contribution is 9.10. The molecule has 3 aromatic heterocycles. The Morgan fingerprint density at radius 3 is 3.04 bits per heavy atom. The Labute approximate surface area is 153 Å². The predicted molar refractivity (Wildman–Crippen MR) is 99.4 cm³/mol. The molecule has 0 spiro atoms. The summed E-state index contributed by atoms with van der Waals surface area (Å²) in [5.74, 6) is 1.35. The number of halogens is 1. The molecule has 0 amide bonds. The van der Waals surface area contributed by atoms with Crippen molar-refractivity contribution >= 4 is 50.0 Å². The van der Waals surface area contributed by atoms with Crippen LogP contribution in [0.3, 0.4) is 0 Å². The maximum absolute atomic E-state index is 11.8. The summed E-state index contributed by atoms with van der Waals surface area (Å²) < 4.78 is 6.13. The zero-order valence-corrected chi connectivity index (χ0v) is 15.4. The van der Waals surface area contributed by atoms with Gasteiger partial charge in [-0.1, -0.05) is 33.8 Å². The van der Waals surface area contributed by atoms with Crippen LogP contribution >= 0.6 is 39.0 Å². The number of hydrogen-bond acceptors (Lipinski definition) is 6. The van der Waals surface area contributed by atoms with E-state index in [-0.39, 0.29) is 5.63 Å². The van der Waals surface area contributed by atoms with Gasteiger partial charge in [-0.25, -0.2) is 9.78 Å². The molecule has 1 aromatic carbocycles. The van der Waals surface area contributed by atoms with Crippen LogP contribution in [0, 0.1) is 0 Å². The third kappa shape index (κ3) is 3.17. The molecule has 24 heavy (non-hydrogen) atoms. The number of benzene rings is 1. The molecule has 0 aliphatic carbocycles. The molecule has 5 nitrogen and oxygen atoms in total. The van der Waals surface area contributed by atoms with Gasteiger partial charge in [-0.15, -0.1) is 16.4 Å². The molecular weight excluding hydrogens is 410 g/mol. The lowest BCUT2D eigenvalue weighted by Gasteiger charge is -2.04. The van der Waals surface area contributed by atoms with Crippen LogP contribution in [0.5, 0.6) is 0 Å². The highest BCUT2D eigenvalue weighted by atomic mass is 79.9. The van der Waals surface area contributed by atoms with Crippen molar-refractivity contribution in [3.63, 3.8) is 0 Å². The first-order valence-corrected chi connectivity index (χ1v) is 9.66. The molecule has 0 saturated heterocycles. The van der Waals surface area contributed by atoms with Gasteiger partial charge >= 0.3 is 5.63 Å². The third-order valence-corrected chi connectivity index (χ3v) is 5.63. The number of aromatic nitrogens is 3. The van der Waals surface area contributed by atoms with Crippen LogP contribution in [0.25, 0.3) is 21.7 Å². The van der Waals surface area contributed by atoms with E-state index < -0.39 is 0 Å². The molecule has 4 aromatic rings. The molecule has 0 aliphatic heterocycles. The average molecular weight is 420 g/mol. The van der Waals surface area contributed by atoms with Crippen LogP contribution in [0.4, 0.5) is 0 Å². The van der Waals surface area contributed by atoms with E-state index in [1.807, 2.05) is 29.6 Å². The fourth-order valence-electron chi connectivity index (χ4n) is 2.30. The van der Waals surface area contributed by atoms with Crippen molar-refractivity contribution in [2.45, 2.75) is 10.9 Å². The van der Waals surface area contributed by atoms with Crippen molar-refractivity contribution in [2.24, 2.45) is 0 Å². The zero-order chi connectivity index (χ0) is 16.5. The van der Waals surface area contributed by atoms with Gasteiger partial charge in [0.05, 0.1) is 4.88 Å². The number of thiophene rings is 1. The lowest BCUT2D eigenvalue weighted by molar-refractivity contribution is 0.559. The van der Waals surface area contributed by atoms with E-state index in [9.17, 15) is 4.79 Å². The van der Waals surface area contributed by atoms with Crippen molar-refractivity contribution in [1.29, 1.82) is 0 Å². The molecule has 1 N–H and O–H groups in total. The Balaban J connectivity index is 1.60. The van der Waals surface area contributed by atoms with E-state index in [1.54, 1.807) is 17.4 Å². The van der Waals surface area contributed by atoms with Crippen molar-refractivity contribution in [3.8, 4) is 10.7 Å². The summed E-state index contributed by atoms with van der Waals surface area (Å²) in [5, 5.41) is 10.7. The minimum Gasteiger partial charge on any atom is -0.423 e. The number of nitrogens with one attached hydrogen (secondary N) is 1. The smallest absolute Gasteiger partial charge is 0.336 e. The summed E-state index contributed by atoms with van der Waals surface area (Å²) in [7, 11) is 0. The Morgan fingerprint density at radius 2 is 2.21 bits per heavy atom. The van der Waals surface area contributed by atoms with E-state index >= 15 is 0 Å².